The van der Waals surface area contributed by atoms with Gasteiger partial charge in [0.25, 0.3) is 0 Å². The van der Waals surface area contributed by atoms with Gasteiger partial charge in [0.15, 0.2) is 0 Å². The molecule has 62 valence electrons. The van der Waals surface area contributed by atoms with E-state index in [-0.39, 0.29) is 5.41 Å². The Morgan fingerprint density at radius 3 is 2.18 bits per heavy atom. The standard InChI is InChI=1S/C7H13N3O/c1-7(2,3)5-9-10-6(8-4)11-5/h1-4H3,(H,8,10). The van der Waals surface area contributed by atoms with Crippen molar-refractivity contribution in [2.75, 3.05) is 12.4 Å². The van der Waals surface area contributed by atoms with Crippen LogP contribution >= 0.6 is 0 Å². The average molecular weight is 155 g/mol. The van der Waals surface area contributed by atoms with E-state index in [0.29, 0.717) is 11.9 Å². The molecule has 0 spiro atoms. The van der Waals surface area contributed by atoms with E-state index in [9.17, 15) is 0 Å². The minimum absolute atomic E-state index is 0.0674. The van der Waals surface area contributed by atoms with Crippen molar-refractivity contribution in [2.45, 2.75) is 26.2 Å². The van der Waals surface area contributed by atoms with Gasteiger partial charge in [-0.3, -0.25) is 0 Å². The summed E-state index contributed by atoms with van der Waals surface area (Å²) in [6.45, 7) is 6.08. The number of aromatic nitrogens is 2. The molecule has 0 aliphatic rings. The van der Waals surface area contributed by atoms with E-state index in [1.165, 1.54) is 0 Å². The third-order valence-electron chi connectivity index (χ3n) is 1.28. The van der Waals surface area contributed by atoms with Crippen molar-refractivity contribution >= 4 is 6.01 Å². The lowest BCUT2D eigenvalue weighted by Gasteiger charge is -2.10. The molecule has 0 unspecified atom stereocenters. The molecule has 0 radical (unpaired) electrons. The highest BCUT2D eigenvalue weighted by Crippen LogP contribution is 2.21. The third-order valence-corrected chi connectivity index (χ3v) is 1.28. The highest BCUT2D eigenvalue weighted by atomic mass is 16.4. The number of nitrogens with zero attached hydrogens (tertiary/aromatic N) is 2. The first kappa shape index (κ1) is 8.04. The van der Waals surface area contributed by atoms with Gasteiger partial charge >= 0.3 is 6.01 Å². The van der Waals surface area contributed by atoms with Crippen LogP contribution in [0.15, 0.2) is 4.42 Å². The van der Waals surface area contributed by atoms with E-state index < -0.39 is 0 Å². The predicted octanol–water partition coefficient (Wildman–Crippen LogP) is 1.41. The molecule has 0 amide bonds. The number of anilines is 1. The summed E-state index contributed by atoms with van der Waals surface area (Å²) in [5.41, 5.74) is -0.0674. The first-order chi connectivity index (χ1) is 5.04. The highest BCUT2D eigenvalue weighted by Gasteiger charge is 2.20. The summed E-state index contributed by atoms with van der Waals surface area (Å²) in [6, 6.07) is 0.468. The fourth-order valence-corrected chi connectivity index (χ4v) is 0.627. The second kappa shape index (κ2) is 2.53. The molecule has 0 aliphatic heterocycles. The van der Waals surface area contributed by atoms with Crippen LogP contribution in [0.2, 0.25) is 0 Å². The molecule has 0 bridgehead atoms. The Hall–Kier alpha value is -1.06. The molecule has 4 heteroatoms. The zero-order valence-corrected chi connectivity index (χ0v) is 7.30. The Kier molecular flexibility index (Phi) is 1.85. The first-order valence-corrected chi connectivity index (χ1v) is 3.56. The van der Waals surface area contributed by atoms with Gasteiger partial charge in [-0.1, -0.05) is 25.9 Å². The lowest BCUT2D eigenvalue weighted by molar-refractivity contribution is 0.400. The van der Waals surface area contributed by atoms with E-state index in [1.807, 2.05) is 20.8 Å². The van der Waals surface area contributed by atoms with Gasteiger partial charge < -0.3 is 9.73 Å². The van der Waals surface area contributed by atoms with Crippen molar-refractivity contribution in [3.8, 4) is 0 Å². The molecule has 0 saturated carbocycles. The Morgan fingerprint density at radius 2 is 1.91 bits per heavy atom. The van der Waals surface area contributed by atoms with E-state index >= 15 is 0 Å². The number of rotatable bonds is 1. The van der Waals surface area contributed by atoms with Gasteiger partial charge in [-0.15, -0.1) is 5.10 Å². The summed E-state index contributed by atoms with van der Waals surface area (Å²) in [7, 11) is 1.75. The molecule has 0 aliphatic carbocycles. The summed E-state index contributed by atoms with van der Waals surface area (Å²) in [5, 5.41) is 10.4. The predicted molar refractivity (Wildman–Crippen MR) is 42.5 cm³/mol. The zero-order chi connectivity index (χ0) is 8.48. The first-order valence-electron chi connectivity index (χ1n) is 3.56. The maximum atomic E-state index is 5.26. The van der Waals surface area contributed by atoms with Crippen LogP contribution < -0.4 is 5.32 Å². The Bertz CT molecular complexity index is 236. The molecule has 0 fully saturated rings. The second-order valence-electron chi connectivity index (χ2n) is 3.41. The molecule has 4 nitrogen and oxygen atoms in total. The van der Waals surface area contributed by atoms with Crippen molar-refractivity contribution in [1.29, 1.82) is 0 Å². The van der Waals surface area contributed by atoms with Crippen molar-refractivity contribution < 1.29 is 4.42 Å². The maximum absolute atomic E-state index is 5.26. The monoisotopic (exact) mass is 155 g/mol. The zero-order valence-electron chi connectivity index (χ0n) is 7.30. The number of nitrogens with one attached hydrogen (secondary N) is 1. The van der Waals surface area contributed by atoms with Crippen LogP contribution in [0.4, 0.5) is 6.01 Å². The molecule has 11 heavy (non-hydrogen) atoms. The van der Waals surface area contributed by atoms with E-state index in [2.05, 4.69) is 15.5 Å². The number of hydrogen-bond donors (Lipinski definition) is 1. The van der Waals surface area contributed by atoms with E-state index in [1.54, 1.807) is 7.05 Å². The highest BCUT2D eigenvalue weighted by molar-refractivity contribution is 5.16. The summed E-state index contributed by atoms with van der Waals surface area (Å²) in [6.07, 6.45) is 0. The van der Waals surface area contributed by atoms with E-state index in [4.69, 9.17) is 4.42 Å². The fourth-order valence-electron chi connectivity index (χ4n) is 0.627. The molecule has 0 atom stereocenters. The Morgan fingerprint density at radius 1 is 1.27 bits per heavy atom. The normalized spacial score (nSPS) is 11.6. The molecule has 1 aromatic rings. The average Bonchev–Trinajstić information content (AvgIpc) is 2.32. The fraction of sp³-hybridized carbons (Fsp3) is 0.714. The van der Waals surface area contributed by atoms with Crippen LogP contribution in [-0.2, 0) is 5.41 Å². The Balaban J connectivity index is 2.89. The summed E-state index contributed by atoms with van der Waals surface area (Å²) < 4.78 is 5.26. The van der Waals surface area contributed by atoms with Gasteiger partial charge in [-0.25, -0.2) is 0 Å². The molecule has 0 saturated heterocycles. The van der Waals surface area contributed by atoms with Gasteiger partial charge in [-0.2, -0.15) is 0 Å². The summed E-state index contributed by atoms with van der Waals surface area (Å²) in [5.74, 6) is 0.654. The van der Waals surface area contributed by atoms with Gasteiger partial charge in [0.05, 0.1) is 0 Å². The molecule has 1 rings (SSSR count). The summed E-state index contributed by atoms with van der Waals surface area (Å²) in [4.78, 5) is 0. The molecule has 1 N–H and O–H groups in total. The molecular formula is C7H13N3O. The lowest BCUT2D eigenvalue weighted by atomic mass is 9.97. The van der Waals surface area contributed by atoms with Crippen LogP contribution in [0.25, 0.3) is 0 Å². The van der Waals surface area contributed by atoms with Crippen molar-refractivity contribution in [3.63, 3.8) is 0 Å². The SMILES string of the molecule is CNc1nnc(C(C)(C)C)o1. The van der Waals surface area contributed by atoms with Crippen molar-refractivity contribution in [1.82, 2.24) is 10.2 Å². The van der Waals surface area contributed by atoms with Crippen LogP contribution in [0.5, 0.6) is 0 Å². The maximum Gasteiger partial charge on any atom is 0.315 e. The third kappa shape index (κ3) is 1.69. The van der Waals surface area contributed by atoms with Gasteiger partial charge in [0.2, 0.25) is 5.89 Å². The van der Waals surface area contributed by atoms with Crippen LogP contribution in [0, 0.1) is 0 Å². The van der Waals surface area contributed by atoms with Crippen molar-refractivity contribution in [3.05, 3.63) is 5.89 Å². The van der Waals surface area contributed by atoms with Gasteiger partial charge in [0.1, 0.15) is 0 Å². The molecule has 0 aromatic carbocycles. The van der Waals surface area contributed by atoms with E-state index in [0.717, 1.165) is 0 Å². The molecule has 1 heterocycles. The smallest absolute Gasteiger partial charge is 0.315 e. The minimum Gasteiger partial charge on any atom is -0.408 e. The minimum atomic E-state index is -0.0674. The topological polar surface area (TPSA) is 51.0 Å². The number of hydrogen-bond acceptors (Lipinski definition) is 4. The quantitative estimate of drug-likeness (QED) is 0.666. The molecular weight excluding hydrogens is 142 g/mol. The largest absolute Gasteiger partial charge is 0.408 e. The summed E-state index contributed by atoms with van der Waals surface area (Å²) >= 11 is 0. The van der Waals surface area contributed by atoms with Crippen LogP contribution in [0.1, 0.15) is 26.7 Å². The van der Waals surface area contributed by atoms with Crippen molar-refractivity contribution in [2.24, 2.45) is 0 Å². The van der Waals surface area contributed by atoms with Crippen LogP contribution in [0.3, 0.4) is 0 Å². The van der Waals surface area contributed by atoms with Gasteiger partial charge in [0, 0.05) is 12.5 Å². The second-order valence-corrected chi connectivity index (χ2v) is 3.41. The van der Waals surface area contributed by atoms with Crippen LogP contribution in [-0.4, -0.2) is 17.2 Å². The molecule has 1 aromatic heterocycles. The Labute approximate surface area is 66.0 Å². The lowest BCUT2D eigenvalue weighted by Crippen LogP contribution is -2.11. The van der Waals surface area contributed by atoms with Gasteiger partial charge in [-0.05, 0) is 0 Å².